The van der Waals surface area contributed by atoms with E-state index in [1.165, 1.54) is 0 Å². The molecule has 2 fully saturated rings. The molecule has 2 atom stereocenters. The zero-order valence-electron chi connectivity index (χ0n) is 9.11. The summed E-state index contributed by atoms with van der Waals surface area (Å²) in [5.74, 6) is 0.525. The van der Waals surface area contributed by atoms with Gasteiger partial charge in [-0.25, -0.2) is 0 Å². The quantitative estimate of drug-likeness (QED) is 0.675. The lowest BCUT2D eigenvalue weighted by molar-refractivity contribution is -0.129. The van der Waals surface area contributed by atoms with Crippen molar-refractivity contribution < 1.29 is 9.90 Å². The van der Waals surface area contributed by atoms with Crippen LogP contribution in [-0.4, -0.2) is 42.2 Å². The first-order valence-electron chi connectivity index (χ1n) is 5.78. The largest absolute Gasteiger partial charge is 0.396 e. The van der Waals surface area contributed by atoms with E-state index in [2.05, 4.69) is 0 Å². The highest BCUT2D eigenvalue weighted by Gasteiger charge is 2.44. The van der Waals surface area contributed by atoms with Gasteiger partial charge in [-0.15, -0.1) is 0 Å². The summed E-state index contributed by atoms with van der Waals surface area (Å²) in [6.07, 6.45) is 4.45. The minimum Gasteiger partial charge on any atom is -0.396 e. The van der Waals surface area contributed by atoms with Gasteiger partial charge in [0.05, 0.1) is 6.54 Å². The summed E-state index contributed by atoms with van der Waals surface area (Å²) >= 11 is 0. The molecular weight excluding hydrogens is 192 g/mol. The number of nitrogens with two attached hydrogens (primary N) is 1. The van der Waals surface area contributed by atoms with E-state index in [4.69, 9.17) is 10.8 Å². The van der Waals surface area contributed by atoms with Gasteiger partial charge in [0.1, 0.15) is 0 Å². The van der Waals surface area contributed by atoms with E-state index in [0.717, 1.165) is 38.8 Å². The molecule has 0 unspecified atom stereocenters. The fourth-order valence-electron chi connectivity index (χ4n) is 3.13. The summed E-state index contributed by atoms with van der Waals surface area (Å²) in [5, 5.41) is 9.13. The number of hydrogen-bond donors (Lipinski definition) is 2. The molecule has 4 heteroatoms. The molecule has 0 radical (unpaired) electrons. The number of carbonyl (C=O) groups is 1. The van der Waals surface area contributed by atoms with E-state index in [0.29, 0.717) is 17.9 Å². The summed E-state index contributed by atoms with van der Waals surface area (Å²) in [4.78, 5) is 13.3. The van der Waals surface area contributed by atoms with Gasteiger partial charge in [-0.2, -0.15) is 0 Å². The Balaban J connectivity index is 1.94. The van der Waals surface area contributed by atoms with E-state index in [1.54, 1.807) is 0 Å². The van der Waals surface area contributed by atoms with E-state index in [1.807, 2.05) is 4.90 Å². The van der Waals surface area contributed by atoms with E-state index < -0.39 is 0 Å². The maximum absolute atomic E-state index is 11.5. The van der Waals surface area contributed by atoms with Gasteiger partial charge in [-0.05, 0) is 37.0 Å². The Labute approximate surface area is 90.4 Å². The Morgan fingerprint density at radius 2 is 2.33 bits per heavy atom. The molecule has 0 bridgehead atoms. The highest BCUT2D eigenvalue weighted by molar-refractivity contribution is 5.78. The van der Waals surface area contributed by atoms with Crippen molar-refractivity contribution in [1.29, 1.82) is 0 Å². The number of aliphatic hydroxyl groups excluding tert-OH is 1. The van der Waals surface area contributed by atoms with Crippen molar-refractivity contribution in [3.05, 3.63) is 0 Å². The Bertz CT molecular complexity index is 257. The zero-order chi connectivity index (χ0) is 10.9. The second-order valence-electron chi connectivity index (χ2n) is 5.06. The molecule has 15 heavy (non-hydrogen) atoms. The molecule has 1 saturated heterocycles. The minimum absolute atomic E-state index is 0.0688. The molecule has 1 aliphatic heterocycles. The van der Waals surface area contributed by atoms with Crippen LogP contribution < -0.4 is 5.73 Å². The second kappa shape index (κ2) is 4.10. The topological polar surface area (TPSA) is 66.6 Å². The van der Waals surface area contributed by atoms with Crippen molar-refractivity contribution >= 4 is 5.91 Å². The third-order valence-electron chi connectivity index (χ3n) is 4.03. The summed E-state index contributed by atoms with van der Waals surface area (Å²) in [6.45, 7) is 2.14. The van der Waals surface area contributed by atoms with E-state index in [9.17, 15) is 4.79 Å². The van der Waals surface area contributed by atoms with Gasteiger partial charge in [0, 0.05) is 19.7 Å². The highest BCUT2D eigenvalue weighted by atomic mass is 16.3. The lowest BCUT2D eigenvalue weighted by atomic mass is 9.84. The van der Waals surface area contributed by atoms with Crippen LogP contribution in [0.3, 0.4) is 0 Å². The lowest BCUT2D eigenvalue weighted by Gasteiger charge is -2.23. The van der Waals surface area contributed by atoms with Gasteiger partial charge in [0.25, 0.3) is 0 Å². The second-order valence-corrected chi connectivity index (χ2v) is 5.06. The van der Waals surface area contributed by atoms with Gasteiger partial charge < -0.3 is 15.7 Å². The summed E-state index contributed by atoms with van der Waals surface area (Å²) in [7, 11) is 0. The highest BCUT2D eigenvalue weighted by Crippen LogP contribution is 2.47. The predicted molar refractivity (Wildman–Crippen MR) is 57.1 cm³/mol. The molecule has 3 N–H and O–H groups in total. The van der Waals surface area contributed by atoms with Crippen LogP contribution in [-0.2, 0) is 4.79 Å². The molecule has 2 aliphatic rings. The van der Waals surface area contributed by atoms with Crippen LogP contribution >= 0.6 is 0 Å². The number of rotatable bonds is 2. The van der Waals surface area contributed by atoms with Gasteiger partial charge in [0.2, 0.25) is 5.91 Å². The van der Waals surface area contributed by atoms with Gasteiger partial charge in [-0.3, -0.25) is 4.79 Å². The van der Waals surface area contributed by atoms with Crippen LogP contribution in [0.2, 0.25) is 0 Å². The zero-order valence-corrected chi connectivity index (χ0v) is 9.11. The Morgan fingerprint density at radius 3 is 2.93 bits per heavy atom. The predicted octanol–water partition coefficient (Wildman–Crippen LogP) is -0.0438. The van der Waals surface area contributed by atoms with Crippen LogP contribution in [0, 0.1) is 11.3 Å². The first kappa shape index (κ1) is 10.9. The van der Waals surface area contributed by atoms with Gasteiger partial charge in [-0.1, -0.05) is 0 Å². The summed E-state index contributed by atoms with van der Waals surface area (Å²) in [6, 6.07) is 0. The van der Waals surface area contributed by atoms with Crippen molar-refractivity contribution in [3.63, 3.8) is 0 Å². The number of nitrogens with zero attached hydrogens (tertiary/aromatic N) is 1. The number of amides is 1. The smallest absolute Gasteiger partial charge is 0.236 e. The maximum atomic E-state index is 11.5. The summed E-state index contributed by atoms with van der Waals surface area (Å²) < 4.78 is 0. The molecule has 1 spiro atoms. The molecule has 2 rings (SSSR count). The fourth-order valence-corrected chi connectivity index (χ4v) is 3.13. The molecule has 0 aromatic carbocycles. The van der Waals surface area contributed by atoms with E-state index in [-0.39, 0.29) is 12.5 Å². The van der Waals surface area contributed by atoms with Crippen molar-refractivity contribution in [2.24, 2.45) is 17.1 Å². The summed E-state index contributed by atoms with van der Waals surface area (Å²) in [5.41, 5.74) is 5.67. The third-order valence-corrected chi connectivity index (χ3v) is 4.03. The lowest BCUT2D eigenvalue weighted by Crippen LogP contribution is -2.35. The van der Waals surface area contributed by atoms with E-state index >= 15 is 0 Å². The van der Waals surface area contributed by atoms with Crippen LogP contribution in [0.25, 0.3) is 0 Å². The Morgan fingerprint density at radius 1 is 1.53 bits per heavy atom. The molecule has 1 heterocycles. The standard InChI is InChI=1S/C11H20N2O2/c12-6-10(15)13-4-3-11(8-13)2-1-9(5-11)7-14/h9,14H,1-8,12H2/t9-,11-/m0/s1. The van der Waals surface area contributed by atoms with Crippen LogP contribution in [0.15, 0.2) is 0 Å². The van der Waals surface area contributed by atoms with Crippen molar-refractivity contribution in [3.8, 4) is 0 Å². The number of carbonyl (C=O) groups excluding carboxylic acids is 1. The molecule has 1 saturated carbocycles. The monoisotopic (exact) mass is 212 g/mol. The molecule has 1 amide bonds. The van der Waals surface area contributed by atoms with Gasteiger partial charge in [0.15, 0.2) is 0 Å². The molecular formula is C11H20N2O2. The fraction of sp³-hybridized carbons (Fsp3) is 0.909. The van der Waals surface area contributed by atoms with Crippen molar-refractivity contribution in [2.45, 2.75) is 25.7 Å². The average Bonchev–Trinajstić information content (AvgIpc) is 2.86. The number of likely N-dealkylation sites (tertiary alicyclic amines) is 1. The molecule has 1 aliphatic carbocycles. The molecule has 0 aromatic rings. The maximum Gasteiger partial charge on any atom is 0.236 e. The number of hydrogen-bond acceptors (Lipinski definition) is 3. The Kier molecular flexibility index (Phi) is 2.98. The molecule has 86 valence electrons. The first-order valence-corrected chi connectivity index (χ1v) is 5.78. The van der Waals surface area contributed by atoms with Crippen LogP contribution in [0.4, 0.5) is 0 Å². The first-order chi connectivity index (χ1) is 7.19. The molecule has 4 nitrogen and oxygen atoms in total. The van der Waals surface area contributed by atoms with Crippen LogP contribution in [0.5, 0.6) is 0 Å². The SMILES string of the molecule is NCC(=O)N1CC[C@]2(CC[C@H](CO)C2)C1. The number of aliphatic hydroxyl groups is 1. The average molecular weight is 212 g/mol. The third kappa shape index (κ3) is 2.01. The minimum atomic E-state index is 0.0688. The Hall–Kier alpha value is -0.610. The van der Waals surface area contributed by atoms with Gasteiger partial charge >= 0.3 is 0 Å². The normalized spacial score (nSPS) is 35.3. The van der Waals surface area contributed by atoms with Crippen molar-refractivity contribution in [1.82, 2.24) is 4.90 Å². The van der Waals surface area contributed by atoms with Crippen LogP contribution in [0.1, 0.15) is 25.7 Å². The van der Waals surface area contributed by atoms with Crippen molar-refractivity contribution in [2.75, 3.05) is 26.2 Å². The molecule has 0 aromatic heterocycles.